The van der Waals surface area contributed by atoms with Gasteiger partial charge in [-0.15, -0.1) is 0 Å². The molecule has 1 aromatic rings. The molecular formula is C11H20N4O. The van der Waals surface area contributed by atoms with Crippen molar-refractivity contribution in [1.82, 2.24) is 20.2 Å². The lowest BCUT2D eigenvalue weighted by atomic mass is 10.1. The maximum atomic E-state index is 11.7. The van der Waals surface area contributed by atoms with Gasteiger partial charge in [0.25, 0.3) is 0 Å². The Morgan fingerprint density at radius 2 is 2.19 bits per heavy atom. The number of hydrogen-bond donors (Lipinski definition) is 2. The van der Waals surface area contributed by atoms with E-state index in [1.54, 1.807) is 12.5 Å². The summed E-state index contributed by atoms with van der Waals surface area (Å²) >= 11 is 0. The number of aromatic nitrogens is 2. The molecule has 0 spiro atoms. The molecule has 1 aromatic heterocycles. The van der Waals surface area contributed by atoms with E-state index in [0.717, 1.165) is 5.69 Å². The van der Waals surface area contributed by atoms with E-state index in [9.17, 15) is 4.79 Å². The van der Waals surface area contributed by atoms with Crippen LogP contribution >= 0.6 is 0 Å². The average molecular weight is 224 g/mol. The molecule has 0 radical (unpaired) electrons. The first-order valence-corrected chi connectivity index (χ1v) is 5.37. The average Bonchev–Trinajstić information content (AvgIpc) is 2.50. The number of rotatable bonds is 4. The van der Waals surface area contributed by atoms with Crippen LogP contribution in [0.1, 0.15) is 26.5 Å². The Bertz CT molecular complexity index is 351. The van der Waals surface area contributed by atoms with Crippen LogP contribution in [0.15, 0.2) is 12.5 Å². The second-order valence-electron chi connectivity index (χ2n) is 4.84. The zero-order valence-electron chi connectivity index (χ0n) is 10.4. The predicted octanol–water partition coefficient (Wildman–Crippen LogP) is 0.517. The van der Waals surface area contributed by atoms with Crippen molar-refractivity contribution in [3.8, 4) is 0 Å². The number of nitrogens with one attached hydrogen (secondary N) is 2. The Balaban J connectivity index is 2.59. The van der Waals surface area contributed by atoms with Crippen LogP contribution in [0.3, 0.4) is 0 Å². The summed E-state index contributed by atoms with van der Waals surface area (Å²) < 4.78 is 1.84. The molecule has 5 nitrogen and oxygen atoms in total. The lowest BCUT2D eigenvalue weighted by Crippen LogP contribution is -2.42. The van der Waals surface area contributed by atoms with Crippen molar-refractivity contribution >= 4 is 5.91 Å². The van der Waals surface area contributed by atoms with E-state index < -0.39 is 0 Å². The number of carbonyl (C=O) groups excluding carboxylic acids is 1. The summed E-state index contributed by atoms with van der Waals surface area (Å²) in [7, 11) is 1.87. The summed E-state index contributed by atoms with van der Waals surface area (Å²) in [6.45, 7) is 6.92. The van der Waals surface area contributed by atoms with Crippen molar-refractivity contribution in [2.45, 2.75) is 39.4 Å². The summed E-state index contributed by atoms with van der Waals surface area (Å²) in [4.78, 5) is 15.7. The third kappa shape index (κ3) is 4.02. The standard InChI is InChI=1S/C11H20N4O/c1-11(2,3)14-10(16)7-15-8-13-6-9(15)5-12-4/h6,8,12H,5,7H2,1-4H3,(H,14,16). The highest BCUT2D eigenvalue weighted by Gasteiger charge is 2.14. The highest BCUT2D eigenvalue weighted by Crippen LogP contribution is 2.01. The Morgan fingerprint density at radius 3 is 2.75 bits per heavy atom. The van der Waals surface area contributed by atoms with E-state index in [0.29, 0.717) is 13.1 Å². The zero-order chi connectivity index (χ0) is 12.2. The summed E-state index contributed by atoms with van der Waals surface area (Å²) in [5.74, 6) is 0.00264. The van der Waals surface area contributed by atoms with Crippen LogP contribution in [0.25, 0.3) is 0 Å². The van der Waals surface area contributed by atoms with Gasteiger partial charge in [-0.25, -0.2) is 4.98 Å². The van der Waals surface area contributed by atoms with Gasteiger partial charge in [0.15, 0.2) is 0 Å². The van der Waals surface area contributed by atoms with Crippen LogP contribution in [0.5, 0.6) is 0 Å². The zero-order valence-corrected chi connectivity index (χ0v) is 10.4. The molecule has 0 aromatic carbocycles. The Hall–Kier alpha value is -1.36. The predicted molar refractivity (Wildman–Crippen MR) is 62.9 cm³/mol. The number of nitrogens with zero attached hydrogens (tertiary/aromatic N) is 2. The van der Waals surface area contributed by atoms with Gasteiger partial charge in [0, 0.05) is 18.3 Å². The first kappa shape index (κ1) is 12.7. The summed E-state index contributed by atoms with van der Waals surface area (Å²) in [6.07, 6.45) is 3.44. The molecule has 16 heavy (non-hydrogen) atoms. The Morgan fingerprint density at radius 1 is 1.50 bits per heavy atom. The van der Waals surface area contributed by atoms with E-state index in [1.165, 1.54) is 0 Å². The van der Waals surface area contributed by atoms with Crippen molar-refractivity contribution in [3.05, 3.63) is 18.2 Å². The van der Waals surface area contributed by atoms with Crippen molar-refractivity contribution in [2.24, 2.45) is 0 Å². The maximum Gasteiger partial charge on any atom is 0.240 e. The lowest BCUT2D eigenvalue weighted by molar-refractivity contribution is -0.123. The van der Waals surface area contributed by atoms with E-state index >= 15 is 0 Å². The van der Waals surface area contributed by atoms with E-state index in [4.69, 9.17) is 0 Å². The highest BCUT2D eigenvalue weighted by molar-refractivity contribution is 5.76. The van der Waals surface area contributed by atoms with Gasteiger partial charge in [-0.1, -0.05) is 0 Å². The molecule has 0 aliphatic heterocycles. The third-order valence-electron chi connectivity index (χ3n) is 1.98. The van der Waals surface area contributed by atoms with Gasteiger partial charge in [-0.3, -0.25) is 4.79 Å². The molecule has 5 heteroatoms. The molecule has 1 rings (SSSR count). The van der Waals surface area contributed by atoms with E-state index in [-0.39, 0.29) is 11.4 Å². The van der Waals surface area contributed by atoms with Gasteiger partial charge in [0.1, 0.15) is 6.54 Å². The molecule has 0 fully saturated rings. The Labute approximate surface area is 96.3 Å². The molecule has 0 unspecified atom stereocenters. The summed E-state index contributed by atoms with van der Waals surface area (Å²) in [5, 5.41) is 5.96. The molecule has 0 atom stereocenters. The second kappa shape index (κ2) is 5.12. The van der Waals surface area contributed by atoms with Crippen molar-refractivity contribution in [2.75, 3.05) is 7.05 Å². The van der Waals surface area contributed by atoms with Crippen molar-refractivity contribution < 1.29 is 4.79 Å². The lowest BCUT2D eigenvalue weighted by Gasteiger charge is -2.21. The number of imidazole rings is 1. The van der Waals surface area contributed by atoms with Gasteiger partial charge in [-0.2, -0.15) is 0 Å². The van der Waals surface area contributed by atoms with Crippen LogP contribution in [-0.2, 0) is 17.9 Å². The van der Waals surface area contributed by atoms with Gasteiger partial charge < -0.3 is 15.2 Å². The number of hydrogen-bond acceptors (Lipinski definition) is 3. The van der Waals surface area contributed by atoms with Crippen LogP contribution < -0.4 is 10.6 Å². The fourth-order valence-corrected chi connectivity index (χ4v) is 1.43. The second-order valence-corrected chi connectivity index (χ2v) is 4.84. The molecule has 0 bridgehead atoms. The number of amides is 1. The van der Waals surface area contributed by atoms with Gasteiger partial charge in [0.2, 0.25) is 5.91 Å². The van der Waals surface area contributed by atoms with Crippen LogP contribution in [0, 0.1) is 0 Å². The third-order valence-corrected chi connectivity index (χ3v) is 1.98. The topological polar surface area (TPSA) is 59.0 Å². The van der Waals surface area contributed by atoms with E-state index in [1.807, 2.05) is 32.4 Å². The number of carbonyl (C=O) groups is 1. The first-order valence-electron chi connectivity index (χ1n) is 5.37. The van der Waals surface area contributed by atoms with E-state index in [2.05, 4.69) is 15.6 Å². The molecule has 0 saturated carbocycles. The van der Waals surface area contributed by atoms with Gasteiger partial charge >= 0.3 is 0 Å². The normalized spacial score (nSPS) is 11.5. The van der Waals surface area contributed by atoms with Crippen molar-refractivity contribution in [3.63, 3.8) is 0 Å². The van der Waals surface area contributed by atoms with Crippen LogP contribution in [0.4, 0.5) is 0 Å². The first-order chi connectivity index (χ1) is 7.42. The van der Waals surface area contributed by atoms with Crippen LogP contribution in [-0.4, -0.2) is 28.0 Å². The molecule has 0 saturated heterocycles. The maximum absolute atomic E-state index is 11.7. The minimum absolute atomic E-state index is 0.00264. The molecule has 0 aliphatic carbocycles. The summed E-state index contributed by atoms with van der Waals surface area (Å²) in [5.41, 5.74) is 0.812. The Kier molecular flexibility index (Phi) is 4.06. The van der Waals surface area contributed by atoms with Gasteiger partial charge in [-0.05, 0) is 27.8 Å². The molecule has 2 N–H and O–H groups in total. The minimum atomic E-state index is -0.194. The quantitative estimate of drug-likeness (QED) is 0.783. The largest absolute Gasteiger partial charge is 0.350 e. The van der Waals surface area contributed by atoms with Crippen LogP contribution in [0.2, 0.25) is 0 Å². The highest BCUT2D eigenvalue weighted by atomic mass is 16.2. The monoisotopic (exact) mass is 224 g/mol. The fraction of sp³-hybridized carbons (Fsp3) is 0.636. The summed E-state index contributed by atoms with van der Waals surface area (Å²) in [6, 6.07) is 0. The molecule has 1 heterocycles. The molecule has 0 aliphatic rings. The SMILES string of the molecule is CNCc1cncn1CC(=O)NC(C)(C)C. The van der Waals surface area contributed by atoms with Gasteiger partial charge in [0.05, 0.1) is 12.0 Å². The smallest absolute Gasteiger partial charge is 0.240 e. The van der Waals surface area contributed by atoms with Crippen molar-refractivity contribution in [1.29, 1.82) is 0 Å². The fourth-order valence-electron chi connectivity index (χ4n) is 1.43. The molecule has 1 amide bonds. The molecular weight excluding hydrogens is 204 g/mol. The minimum Gasteiger partial charge on any atom is -0.350 e. The molecule has 90 valence electrons.